The van der Waals surface area contributed by atoms with E-state index in [0.29, 0.717) is 17.5 Å². The Balaban J connectivity index is 2.05. The Kier molecular flexibility index (Phi) is 4.28. The number of thiophene rings is 1. The summed E-state index contributed by atoms with van der Waals surface area (Å²) in [7, 11) is 0. The zero-order valence-corrected chi connectivity index (χ0v) is 11.7. The molecule has 18 heavy (non-hydrogen) atoms. The number of thiocarbonyl (C=S) groups is 1. The van der Waals surface area contributed by atoms with Crippen LogP contribution in [0.5, 0.6) is 5.88 Å². The lowest BCUT2D eigenvalue weighted by molar-refractivity contribution is 0.309. The van der Waals surface area contributed by atoms with Gasteiger partial charge in [-0.3, -0.25) is 0 Å². The van der Waals surface area contributed by atoms with Crippen molar-refractivity contribution in [1.29, 1.82) is 0 Å². The van der Waals surface area contributed by atoms with E-state index in [9.17, 15) is 0 Å². The highest BCUT2D eigenvalue weighted by atomic mass is 32.1. The van der Waals surface area contributed by atoms with Gasteiger partial charge in [-0.25, -0.2) is 4.98 Å². The molecule has 0 fully saturated rings. The van der Waals surface area contributed by atoms with E-state index in [-0.39, 0.29) is 0 Å². The van der Waals surface area contributed by atoms with Crippen LogP contribution in [-0.2, 0) is 6.42 Å². The third-order valence-corrected chi connectivity index (χ3v) is 3.68. The summed E-state index contributed by atoms with van der Waals surface area (Å²) in [6.45, 7) is 2.52. The van der Waals surface area contributed by atoms with Gasteiger partial charge in [0.25, 0.3) is 0 Å². The molecule has 0 atom stereocenters. The molecule has 5 heteroatoms. The minimum Gasteiger partial charge on any atom is -0.477 e. The predicted octanol–water partition coefficient (Wildman–Crippen LogP) is 2.71. The highest BCUT2D eigenvalue weighted by Gasteiger charge is 2.11. The number of nitrogens with zero attached hydrogens (tertiary/aromatic N) is 1. The van der Waals surface area contributed by atoms with Gasteiger partial charge >= 0.3 is 0 Å². The zero-order valence-electron chi connectivity index (χ0n) is 10.1. The summed E-state index contributed by atoms with van der Waals surface area (Å²) in [6.07, 6.45) is 2.57. The summed E-state index contributed by atoms with van der Waals surface area (Å²) >= 11 is 6.75. The van der Waals surface area contributed by atoms with E-state index in [1.807, 2.05) is 19.1 Å². The molecule has 2 aromatic heterocycles. The number of hydrogen-bond donors (Lipinski definition) is 1. The maximum Gasteiger partial charge on any atom is 0.223 e. The van der Waals surface area contributed by atoms with Crippen LogP contribution in [0, 0.1) is 6.92 Å². The van der Waals surface area contributed by atoms with Gasteiger partial charge in [-0.2, -0.15) is 0 Å². The molecular weight excluding hydrogens is 264 g/mol. The van der Waals surface area contributed by atoms with E-state index < -0.39 is 0 Å². The number of rotatable bonds is 5. The SMILES string of the molecule is Cc1ccnc(OCCc2cccs2)c1C(N)=S. The van der Waals surface area contributed by atoms with Crippen LogP contribution < -0.4 is 10.5 Å². The summed E-state index contributed by atoms with van der Waals surface area (Å²) in [5, 5.41) is 2.06. The van der Waals surface area contributed by atoms with Crippen molar-refractivity contribution in [2.24, 2.45) is 5.73 Å². The smallest absolute Gasteiger partial charge is 0.223 e. The fraction of sp³-hybridized carbons (Fsp3) is 0.231. The number of hydrogen-bond acceptors (Lipinski definition) is 4. The second-order valence-electron chi connectivity index (χ2n) is 3.85. The van der Waals surface area contributed by atoms with Gasteiger partial charge in [0.2, 0.25) is 5.88 Å². The number of aromatic nitrogens is 1. The van der Waals surface area contributed by atoms with Crippen LogP contribution >= 0.6 is 23.6 Å². The first-order valence-electron chi connectivity index (χ1n) is 5.59. The summed E-state index contributed by atoms with van der Waals surface area (Å²) < 4.78 is 5.68. The van der Waals surface area contributed by atoms with Crippen molar-refractivity contribution in [3.63, 3.8) is 0 Å². The lowest BCUT2D eigenvalue weighted by atomic mass is 10.1. The number of ether oxygens (including phenoxy) is 1. The fourth-order valence-corrected chi connectivity index (χ4v) is 2.58. The van der Waals surface area contributed by atoms with Gasteiger partial charge in [0.05, 0.1) is 12.2 Å². The molecule has 0 bridgehead atoms. The zero-order chi connectivity index (χ0) is 13.0. The molecule has 94 valence electrons. The van der Waals surface area contributed by atoms with Crippen LogP contribution in [-0.4, -0.2) is 16.6 Å². The van der Waals surface area contributed by atoms with Crippen molar-refractivity contribution < 1.29 is 4.74 Å². The van der Waals surface area contributed by atoms with E-state index in [1.165, 1.54) is 4.88 Å². The standard InChI is InChI=1S/C13H14N2OS2/c1-9-4-6-15-13(11(9)12(14)17)16-7-5-10-3-2-8-18-10/h2-4,6,8H,5,7H2,1H3,(H2,14,17). The van der Waals surface area contributed by atoms with E-state index in [0.717, 1.165) is 17.5 Å². The lowest BCUT2D eigenvalue weighted by Gasteiger charge is -2.11. The summed E-state index contributed by atoms with van der Waals surface area (Å²) in [5.74, 6) is 0.527. The van der Waals surface area contributed by atoms with Gasteiger partial charge < -0.3 is 10.5 Å². The molecule has 3 nitrogen and oxygen atoms in total. The third-order valence-electron chi connectivity index (χ3n) is 2.54. The average Bonchev–Trinajstić information content (AvgIpc) is 2.81. The molecule has 2 heterocycles. The number of nitrogens with two attached hydrogens (primary N) is 1. The monoisotopic (exact) mass is 278 g/mol. The molecule has 0 aromatic carbocycles. The Morgan fingerprint density at radius 2 is 2.33 bits per heavy atom. The molecule has 0 amide bonds. The first-order chi connectivity index (χ1) is 8.68. The first kappa shape index (κ1) is 13.0. The highest BCUT2D eigenvalue weighted by Crippen LogP contribution is 2.19. The minimum atomic E-state index is 0.326. The predicted molar refractivity (Wildman–Crippen MR) is 78.4 cm³/mol. The van der Waals surface area contributed by atoms with E-state index in [4.69, 9.17) is 22.7 Å². The summed E-state index contributed by atoms with van der Waals surface area (Å²) in [5.41, 5.74) is 7.42. The lowest BCUT2D eigenvalue weighted by Crippen LogP contribution is -2.15. The maximum atomic E-state index is 5.70. The molecule has 2 rings (SSSR count). The van der Waals surface area contributed by atoms with Crippen molar-refractivity contribution in [3.8, 4) is 5.88 Å². The van der Waals surface area contributed by atoms with Gasteiger partial charge in [-0.1, -0.05) is 18.3 Å². The van der Waals surface area contributed by atoms with Crippen LogP contribution in [0.25, 0.3) is 0 Å². The molecular formula is C13H14N2OS2. The van der Waals surface area contributed by atoms with Gasteiger partial charge in [-0.05, 0) is 30.0 Å². The minimum absolute atomic E-state index is 0.326. The van der Waals surface area contributed by atoms with Crippen LogP contribution in [0.4, 0.5) is 0 Å². The molecule has 0 aliphatic heterocycles. The molecule has 0 aliphatic rings. The third kappa shape index (κ3) is 3.05. The van der Waals surface area contributed by atoms with Gasteiger partial charge in [0.15, 0.2) is 0 Å². The van der Waals surface area contributed by atoms with Crippen LogP contribution in [0.3, 0.4) is 0 Å². The van der Waals surface area contributed by atoms with E-state index in [1.54, 1.807) is 17.5 Å². The van der Waals surface area contributed by atoms with Crippen LogP contribution in [0.15, 0.2) is 29.8 Å². The maximum absolute atomic E-state index is 5.70. The van der Waals surface area contributed by atoms with Crippen LogP contribution in [0.1, 0.15) is 16.0 Å². The largest absolute Gasteiger partial charge is 0.477 e. The molecule has 2 N–H and O–H groups in total. The molecule has 2 aromatic rings. The average molecular weight is 278 g/mol. The molecule has 0 radical (unpaired) electrons. The summed E-state index contributed by atoms with van der Waals surface area (Å²) in [4.78, 5) is 5.81. The Labute approximate surface area is 116 Å². The molecule has 0 aliphatic carbocycles. The fourth-order valence-electron chi connectivity index (χ4n) is 1.65. The van der Waals surface area contributed by atoms with Crippen molar-refractivity contribution in [3.05, 3.63) is 45.8 Å². The van der Waals surface area contributed by atoms with Gasteiger partial charge in [0, 0.05) is 17.5 Å². The Bertz CT molecular complexity index is 538. The molecule has 0 spiro atoms. The van der Waals surface area contributed by atoms with Crippen LogP contribution in [0.2, 0.25) is 0 Å². The van der Waals surface area contributed by atoms with Crippen molar-refractivity contribution >= 4 is 28.5 Å². The Hall–Kier alpha value is -1.46. The number of pyridine rings is 1. The van der Waals surface area contributed by atoms with Gasteiger partial charge in [0.1, 0.15) is 4.99 Å². The quantitative estimate of drug-likeness (QED) is 0.854. The Morgan fingerprint density at radius 1 is 1.50 bits per heavy atom. The first-order valence-corrected chi connectivity index (χ1v) is 6.88. The topological polar surface area (TPSA) is 48.1 Å². The second-order valence-corrected chi connectivity index (χ2v) is 5.32. The molecule has 0 unspecified atom stereocenters. The second kappa shape index (κ2) is 5.93. The molecule has 0 saturated heterocycles. The number of aryl methyl sites for hydroxylation is 1. The summed E-state index contributed by atoms with van der Waals surface area (Å²) in [6, 6.07) is 6.00. The van der Waals surface area contributed by atoms with Crippen molar-refractivity contribution in [2.75, 3.05) is 6.61 Å². The molecule has 0 saturated carbocycles. The van der Waals surface area contributed by atoms with E-state index in [2.05, 4.69) is 16.4 Å². The van der Waals surface area contributed by atoms with Crippen molar-refractivity contribution in [1.82, 2.24) is 4.98 Å². The normalized spacial score (nSPS) is 10.3. The van der Waals surface area contributed by atoms with Gasteiger partial charge in [-0.15, -0.1) is 11.3 Å². The highest BCUT2D eigenvalue weighted by molar-refractivity contribution is 7.80. The Morgan fingerprint density at radius 3 is 3.00 bits per heavy atom. The van der Waals surface area contributed by atoms with E-state index >= 15 is 0 Å². The van der Waals surface area contributed by atoms with Crippen molar-refractivity contribution in [2.45, 2.75) is 13.3 Å².